The fourth-order valence-electron chi connectivity index (χ4n) is 3.63. The van der Waals surface area contributed by atoms with E-state index in [-0.39, 0.29) is 6.04 Å². The van der Waals surface area contributed by atoms with Gasteiger partial charge in [-0.1, -0.05) is 6.07 Å². The summed E-state index contributed by atoms with van der Waals surface area (Å²) in [7, 11) is 4.10. The zero-order valence-corrected chi connectivity index (χ0v) is 16.4. The Morgan fingerprint density at radius 3 is 2.79 bits per heavy atom. The fraction of sp³-hybridized carbons (Fsp3) is 0.318. The molecule has 1 aliphatic rings. The van der Waals surface area contributed by atoms with E-state index in [2.05, 4.69) is 58.5 Å². The van der Waals surface area contributed by atoms with Crippen LogP contribution < -0.4 is 10.2 Å². The van der Waals surface area contributed by atoms with Crippen LogP contribution in [0, 0.1) is 0 Å². The molecule has 1 atom stereocenters. The van der Waals surface area contributed by atoms with Gasteiger partial charge in [0.25, 0.3) is 0 Å². The molecule has 1 aliphatic carbocycles. The van der Waals surface area contributed by atoms with Crippen molar-refractivity contribution >= 4 is 28.2 Å². The van der Waals surface area contributed by atoms with Gasteiger partial charge in [-0.15, -0.1) is 0 Å². The summed E-state index contributed by atoms with van der Waals surface area (Å²) in [5.41, 5.74) is 4.48. The van der Waals surface area contributed by atoms with E-state index < -0.39 is 0 Å². The van der Waals surface area contributed by atoms with Crippen LogP contribution in [0.2, 0.25) is 0 Å². The van der Waals surface area contributed by atoms with E-state index >= 15 is 0 Å². The van der Waals surface area contributed by atoms with Gasteiger partial charge in [0.05, 0.1) is 17.3 Å². The molecule has 28 heavy (non-hydrogen) atoms. The summed E-state index contributed by atoms with van der Waals surface area (Å²) < 4.78 is 2.02. The van der Waals surface area contributed by atoms with E-state index in [0.29, 0.717) is 11.7 Å². The van der Waals surface area contributed by atoms with E-state index in [1.165, 1.54) is 18.5 Å². The maximum absolute atomic E-state index is 4.89. The van der Waals surface area contributed by atoms with Gasteiger partial charge in [0.1, 0.15) is 5.82 Å². The van der Waals surface area contributed by atoms with Crippen LogP contribution >= 0.6 is 0 Å². The lowest BCUT2D eigenvalue weighted by Crippen LogP contribution is -2.12. The molecule has 142 valence electrons. The lowest BCUT2D eigenvalue weighted by molar-refractivity contribution is 0.815. The van der Waals surface area contributed by atoms with E-state index in [9.17, 15) is 0 Å². The third-order valence-corrected chi connectivity index (χ3v) is 5.43. The Kier molecular flexibility index (Phi) is 3.93. The minimum Gasteiger partial charge on any atom is -0.378 e. The van der Waals surface area contributed by atoms with Gasteiger partial charge >= 0.3 is 0 Å². The highest BCUT2D eigenvalue weighted by molar-refractivity contribution is 5.93. The molecule has 1 N–H and O–H groups in total. The first-order valence-electron chi connectivity index (χ1n) is 9.77. The van der Waals surface area contributed by atoms with Gasteiger partial charge in [-0.05, 0) is 50.1 Å². The molecule has 0 spiro atoms. The molecule has 5 rings (SSSR count). The monoisotopic (exact) mass is 372 g/mol. The summed E-state index contributed by atoms with van der Waals surface area (Å²) in [4.78, 5) is 16.2. The summed E-state index contributed by atoms with van der Waals surface area (Å²) in [5, 5.41) is 4.66. The largest absolute Gasteiger partial charge is 0.378 e. The third-order valence-electron chi connectivity index (χ3n) is 5.43. The molecular formula is C22H24N6. The van der Waals surface area contributed by atoms with Gasteiger partial charge in [0, 0.05) is 49.2 Å². The highest BCUT2D eigenvalue weighted by Crippen LogP contribution is 2.39. The van der Waals surface area contributed by atoms with Gasteiger partial charge in [0.15, 0.2) is 0 Å². The van der Waals surface area contributed by atoms with Crippen molar-refractivity contribution in [1.82, 2.24) is 19.4 Å². The Hall–Kier alpha value is -3.15. The standard InChI is InChI=1S/C22H24N6/c1-14(18-5-4-6-19(25-18)15-7-8-15)24-21-17-13-16(27(2)3)9-10-20(17)28-12-11-23-22(28)26-21/h4-6,9-15H,7-8H2,1-3H3,(H,23,24,26). The minimum atomic E-state index is 0.0508. The van der Waals surface area contributed by atoms with Crippen LogP contribution in [-0.2, 0) is 0 Å². The van der Waals surface area contributed by atoms with Crippen molar-refractivity contribution in [3.05, 3.63) is 60.2 Å². The molecule has 0 radical (unpaired) electrons. The number of aromatic nitrogens is 4. The topological polar surface area (TPSA) is 58.4 Å². The maximum atomic E-state index is 4.89. The Morgan fingerprint density at radius 1 is 1.14 bits per heavy atom. The molecule has 1 fully saturated rings. The van der Waals surface area contributed by atoms with Crippen LogP contribution in [-0.4, -0.2) is 33.4 Å². The summed E-state index contributed by atoms with van der Waals surface area (Å²) in [6, 6.07) is 12.8. The highest BCUT2D eigenvalue weighted by atomic mass is 15.1. The second-order valence-corrected chi connectivity index (χ2v) is 7.78. The normalized spacial score (nSPS) is 15.1. The fourth-order valence-corrected chi connectivity index (χ4v) is 3.63. The molecule has 3 heterocycles. The van der Waals surface area contributed by atoms with Crippen LogP contribution in [0.1, 0.15) is 43.1 Å². The van der Waals surface area contributed by atoms with Crippen LogP contribution in [0.5, 0.6) is 0 Å². The quantitative estimate of drug-likeness (QED) is 0.563. The average molecular weight is 372 g/mol. The number of anilines is 2. The van der Waals surface area contributed by atoms with Crippen molar-refractivity contribution in [3.8, 4) is 0 Å². The maximum Gasteiger partial charge on any atom is 0.236 e. The second-order valence-electron chi connectivity index (χ2n) is 7.78. The number of benzene rings is 1. The molecule has 0 saturated heterocycles. The van der Waals surface area contributed by atoms with Gasteiger partial charge in [-0.3, -0.25) is 9.38 Å². The molecule has 0 aliphatic heterocycles. The van der Waals surface area contributed by atoms with E-state index in [4.69, 9.17) is 9.97 Å². The van der Waals surface area contributed by atoms with Crippen molar-refractivity contribution < 1.29 is 0 Å². The predicted molar refractivity (Wildman–Crippen MR) is 113 cm³/mol. The first-order valence-corrected chi connectivity index (χ1v) is 9.77. The van der Waals surface area contributed by atoms with Crippen LogP contribution in [0.15, 0.2) is 48.8 Å². The number of pyridine rings is 1. The van der Waals surface area contributed by atoms with Crippen molar-refractivity contribution in [1.29, 1.82) is 0 Å². The smallest absolute Gasteiger partial charge is 0.236 e. The number of hydrogen-bond donors (Lipinski definition) is 1. The van der Waals surface area contributed by atoms with Crippen LogP contribution in [0.3, 0.4) is 0 Å². The number of fused-ring (bicyclic) bond motifs is 3. The Balaban J connectivity index is 1.58. The molecule has 1 unspecified atom stereocenters. The number of imidazole rings is 1. The van der Waals surface area contributed by atoms with Crippen molar-refractivity contribution in [3.63, 3.8) is 0 Å². The highest BCUT2D eigenvalue weighted by Gasteiger charge is 2.25. The summed E-state index contributed by atoms with van der Waals surface area (Å²) in [6.07, 6.45) is 6.26. The molecule has 6 heteroatoms. The first kappa shape index (κ1) is 17.0. The summed E-state index contributed by atoms with van der Waals surface area (Å²) in [6.45, 7) is 2.14. The van der Waals surface area contributed by atoms with Gasteiger partial charge in [-0.2, -0.15) is 4.98 Å². The van der Waals surface area contributed by atoms with Gasteiger partial charge < -0.3 is 10.2 Å². The molecular weight excluding hydrogens is 348 g/mol. The number of rotatable bonds is 5. The van der Waals surface area contributed by atoms with Gasteiger partial charge in [0.2, 0.25) is 5.78 Å². The molecule has 0 bridgehead atoms. The molecule has 1 aromatic carbocycles. The number of hydrogen-bond acceptors (Lipinski definition) is 5. The van der Waals surface area contributed by atoms with Crippen molar-refractivity contribution in [2.24, 2.45) is 0 Å². The predicted octanol–water partition coefficient (Wildman–Crippen LogP) is 4.39. The van der Waals surface area contributed by atoms with Crippen molar-refractivity contribution in [2.75, 3.05) is 24.3 Å². The van der Waals surface area contributed by atoms with Gasteiger partial charge in [-0.25, -0.2) is 4.98 Å². The molecule has 1 saturated carbocycles. The Labute approximate surface area is 164 Å². The lowest BCUT2D eigenvalue weighted by atomic mass is 10.1. The van der Waals surface area contributed by atoms with Crippen LogP contribution in [0.25, 0.3) is 16.7 Å². The Bertz CT molecular complexity index is 1160. The lowest BCUT2D eigenvalue weighted by Gasteiger charge is -2.19. The van der Waals surface area contributed by atoms with Crippen molar-refractivity contribution in [2.45, 2.75) is 31.7 Å². The molecule has 6 nitrogen and oxygen atoms in total. The number of nitrogens with one attached hydrogen (secondary N) is 1. The SMILES string of the molecule is CC(Nc1nc2nccn2c2ccc(N(C)C)cc12)c1cccc(C2CC2)n1. The Morgan fingerprint density at radius 2 is 2.00 bits per heavy atom. The van der Waals surface area contributed by atoms with E-state index in [1.54, 1.807) is 6.20 Å². The van der Waals surface area contributed by atoms with Crippen LogP contribution in [0.4, 0.5) is 11.5 Å². The molecule has 3 aromatic heterocycles. The second kappa shape index (κ2) is 6.48. The third kappa shape index (κ3) is 2.95. The summed E-state index contributed by atoms with van der Waals surface area (Å²) >= 11 is 0. The minimum absolute atomic E-state index is 0.0508. The zero-order chi connectivity index (χ0) is 19.3. The summed E-state index contributed by atoms with van der Waals surface area (Å²) in [5.74, 6) is 2.18. The van der Waals surface area contributed by atoms with E-state index in [1.807, 2.05) is 24.7 Å². The molecule has 0 amide bonds. The van der Waals surface area contributed by atoms with E-state index in [0.717, 1.165) is 28.1 Å². The first-order chi connectivity index (χ1) is 13.6. The average Bonchev–Trinajstić information content (AvgIpc) is 3.45. The molecule has 4 aromatic rings. The zero-order valence-electron chi connectivity index (χ0n) is 16.4. The number of nitrogens with zero attached hydrogens (tertiary/aromatic N) is 5.